The number of nitrogens with one attached hydrogen (secondary N) is 1. The summed E-state index contributed by atoms with van der Waals surface area (Å²) in [6.07, 6.45) is 0.868. The second-order valence-electron chi connectivity index (χ2n) is 7.01. The fourth-order valence-electron chi connectivity index (χ4n) is 3.43. The van der Waals surface area contributed by atoms with E-state index < -0.39 is 0 Å². The summed E-state index contributed by atoms with van der Waals surface area (Å²) >= 11 is 1.48. The number of aryl methyl sites for hydroxylation is 1. The molecule has 1 aromatic carbocycles. The average Bonchev–Trinajstić information content (AvgIpc) is 3.30. The van der Waals surface area contributed by atoms with E-state index >= 15 is 0 Å². The molecule has 1 aliphatic rings. The van der Waals surface area contributed by atoms with Crippen LogP contribution < -0.4 is 24.4 Å². The van der Waals surface area contributed by atoms with Crippen LogP contribution in [0.25, 0.3) is 0 Å². The van der Waals surface area contributed by atoms with E-state index in [-0.39, 0.29) is 0 Å². The van der Waals surface area contributed by atoms with Gasteiger partial charge in [-0.15, -0.1) is 0 Å². The lowest BCUT2D eigenvalue weighted by Gasteiger charge is -2.36. The number of methoxy groups -OCH3 is 3. The van der Waals surface area contributed by atoms with Gasteiger partial charge in [-0.25, -0.2) is 9.98 Å². The third-order valence-corrected chi connectivity index (χ3v) is 5.96. The minimum atomic E-state index is 0.475. The third-order valence-electron chi connectivity index (χ3n) is 5.14. The molecule has 0 aliphatic carbocycles. The fraction of sp³-hybridized carbons (Fsp3) is 0.571. The minimum absolute atomic E-state index is 0.475. The van der Waals surface area contributed by atoms with Crippen molar-refractivity contribution in [2.24, 2.45) is 4.99 Å². The monoisotopic (exact) mass is 448 g/mol. The van der Waals surface area contributed by atoms with Gasteiger partial charge in [-0.05, 0) is 13.0 Å². The van der Waals surface area contributed by atoms with Gasteiger partial charge in [0.2, 0.25) is 5.13 Å². The molecule has 1 aliphatic heterocycles. The Hall–Kier alpha value is -2.75. The first-order valence-electron chi connectivity index (χ1n) is 10.5. The number of aliphatic imine (C=N–C) groups is 1. The van der Waals surface area contributed by atoms with E-state index in [2.05, 4.69) is 38.3 Å². The van der Waals surface area contributed by atoms with Crippen molar-refractivity contribution in [2.75, 3.05) is 59.0 Å². The molecule has 0 bridgehead atoms. The van der Waals surface area contributed by atoms with Gasteiger partial charge in [0.05, 0.1) is 27.9 Å². The molecule has 0 amide bonds. The molecule has 2 heterocycles. The maximum absolute atomic E-state index is 5.54. The van der Waals surface area contributed by atoms with Crippen LogP contribution in [-0.4, -0.2) is 74.3 Å². The third kappa shape index (κ3) is 5.49. The number of aromatic nitrogens is 2. The minimum Gasteiger partial charge on any atom is -0.496 e. The molecule has 1 aromatic heterocycles. The Labute approximate surface area is 188 Å². The van der Waals surface area contributed by atoms with E-state index in [0.717, 1.165) is 67.4 Å². The molecule has 0 atom stereocenters. The second-order valence-corrected chi connectivity index (χ2v) is 7.74. The number of hydrogen-bond acceptors (Lipinski definition) is 8. The lowest BCUT2D eigenvalue weighted by molar-refractivity contribution is 0.347. The van der Waals surface area contributed by atoms with Crippen molar-refractivity contribution in [3.8, 4) is 17.2 Å². The number of nitrogens with zero attached hydrogens (tertiary/aromatic N) is 5. The van der Waals surface area contributed by atoms with E-state index in [0.29, 0.717) is 18.0 Å². The van der Waals surface area contributed by atoms with Crippen molar-refractivity contribution in [3.05, 3.63) is 23.5 Å². The quantitative estimate of drug-likeness (QED) is 0.487. The normalized spacial score (nSPS) is 14.5. The van der Waals surface area contributed by atoms with Crippen molar-refractivity contribution < 1.29 is 14.2 Å². The number of guanidine groups is 1. The Morgan fingerprint density at radius 3 is 2.29 bits per heavy atom. The van der Waals surface area contributed by atoms with Crippen LogP contribution in [0.5, 0.6) is 17.2 Å². The first-order chi connectivity index (χ1) is 15.1. The largest absolute Gasteiger partial charge is 0.496 e. The SMILES string of the molecule is CCNC(=NCc1cc(OC)c(OC)cc1OC)N1CCN(c2nc(CC)ns2)CC1. The number of piperazine rings is 1. The molecular formula is C21H32N6O3S. The number of anilines is 1. The molecule has 170 valence electrons. The van der Waals surface area contributed by atoms with Gasteiger partial charge in [-0.2, -0.15) is 4.37 Å². The molecule has 9 nitrogen and oxygen atoms in total. The molecule has 1 saturated heterocycles. The van der Waals surface area contributed by atoms with Crippen LogP contribution in [0.4, 0.5) is 5.13 Å². The van der Waals surface area contributed by atoms with Crippen molar-refractivity contribution in [2.45, 2.75) is 26.8 Å². The van der Waals surface area contributed by atoms with Crippen LogP contribution >= 0.6 is 11.5 Å². The number of ether oxygens (including phenoxy) is 3. The molecule has 0 unspecified atom stereocenters. The van der Waals surface area contributed by atoms with Crippen LogP contribution in [0.15, 0.2) is 17.1 Å². The maximum atomic E-state index is 5.54. The molecule has 3 rings (SSSR count). The van der Waals surface area contributed by atoms with Gasteiger partial charge < -0.3 is 29.3 Å². The van der Waals surface area contributed by atoms with Crippen molar-refractivity contribution in [1.29, 1.82) is 0 Å². The fourth-order valence-corrected chi connectivity index (χ4v) is 4.23. The summed E-state index contributed by atoms with van der Waals surface area (Å²) in [4.78, 5) is 14.1. The number of benzene rings is 1. The molecule has 1 N–H and O–H groups in total. The highest BCUT2D eigenvalue weighted by Crippen LogP contribution is 2.35. The summed E-state index contributed by atoms with van der Waals surface area (Å²) in [7, 11) is 4.89. The van der Waals surface area contributed by atoms with Crippen LogP contribution in [-0.2, 0) is 13.0 Å². The molecule has 0 spiro atoms. The lowest BCUT2D eigenvalue weighted by atomic mass is 10.1. The highest BCUT2D eigenvalue weighted by atomic mass is 32.1. The molecule has 0 radical (unpaired) electrons. The van der Waals surface area contributed by atoms with Gasteiger partial charge in [0.1, 0.15) is 11.6 Å². The van der Waals surface area contributed by atoms with Gasteiger partial charge in [-0.1, -0.05) is 6.92 Å². The zero-order chi connectivity index (χ0) is 22.2. The van der Waals surface area contributed by atoms with Gasteiger partial charge in [0, 0.05) is 62.3 Å². The van der Waals surface area contributed by atoms with Crippen LogP contribution in [0.3, 0.4) is 0 Å². The van der Waals surface area contributed by atoms with E-state index in [9.17, 15) is 0 Å². The molecular weight excluding hydrogens is 416 g/mol. The first kappa shape index (κ1) is 22.9. The smallest absolute Gasteiger partial charge is 0.205 e. The topological polar surface area (TPSA) is 84.3 Å². The van der Waals surface area contributed by atoms with Crippen molar-refractivity contribution >= 4 is 22.6 Å². The molecule has 31 heavy (non-hydrogen) atoms. The number of rotatable bonds is 8. The summed E-state index contributed by atoms with van der Waals surface area (Å²) in [6, 6.07) is 3.76. The molecule has 0 saturated carbocycles. The predicted octanol–water partition coefficient (Wildman–Crippen LogP) is 2.41. The highest BCUT2D eigenvalue weighted by Gasteiger charge is 2.22. The Kier molecular flexibility index (Phi) is 8.16. The van der Waals surface area contributed by atoms with Gasteiger partial charge >= 0.3 is 0 Å². The maximum Gasteiger partial charge on any atom is 0.205 e. The Morgan fingerprint density at radius 2 is 1.71 bits per heavy atom. The van der Waals surface area contributed by atoms with Crippen molar-refractivity contribution in [3.63, 3.8) is 0 Å². The van der Waals surface area contributed by atoms with E-state index in [1.54, 1.807) is 21.3 Å². The first-order valence-corrected chi connectivity index (χ1v) is 11.3. The Balaban J connectivity index is 1.71. The lowest BCUT2D eigenvalue weighted by Crippen LogP contribution is -2.52. The Bertz CT molecular complexity index is 880. The average molecular weight is 449 g/mol. The zero-order valence-corrected chi connectivity index (χ0v) is 19.8. The predicted molar refractivity (Wildman–Crippen MR) is 124 cm³/mol. The summed E-state index contributed by atoms with van der Waals surface area (Å²) in [6.45, 7) is 8.96. The van der Waals surface area contributed by atoms with Gasteiger partial charge in [0.15, 0.2) is 17.5 Å². The zero-order valence-electron chi connectivity index (χ0n) is 19.0. The summed E-state index contributed by atoms with van der Waals surface area (Å²) < 4.78 is 20.8. The van der Waals surface area contributed by atoms with Crippen LogP contribution in [0.2, 0.25) is 0 Å². The summed E-state index contributed by atoms with van der Waals surface area (Å²) in [5, 5.41) is 4.42. The summed E-state index contributed by atoms with van der Waals surface area (Å²) in [5.74, 6) is 3.84. The molecule has 10 heteroatoms. The van der Waals surface area contributed by atoms with Crippen LogP contribution in [0.1, 0.15) is 25.2 Å². The molecule has 1 fully saturated rings. The van der Waals surface area contributed by atoms with E-state index in [1.807, 2.05) is 12.1 Å². The standard InChI is InChI=1S/C21H32N6O3S/c1-6-19-24-21(31-25-19)27-10-8-26(9-11-27)20(22-7-2)23-14-15-12-17(29-4)18(30-5)13-16(15)28-3/h12-13H,6-11,14H2,1-5H3,(H,22,23). The van der Waals surface area contributed by atoms with E-state index in [4.69, 9.17) is 19.2 Å². The summed E-state index contributed by atoms with van der Waals surface area (Å²) in [5.41, 5.74) is 0.940. The van der Waals surface area contributed by atoms with Gasteiger partial charge in [0.25, 0.3) is 0 Å². The second kappa shape index (κ2) is 11.0. The highest BCUT2D eigenvalue weighted by molar-refractivity contribution is 7.09. The van der Waals surface area contributed by atoms with Crippen LogP contribution in [0, 0.1) is 0 Å². The Morgan fingerprint density at radius 1 is 1.03 bits per heavy atom. The molecule has 2 aromatic rings. The van der Waals surface area contributed by atoms with Gasteiger partial charge in [-0.3, -0.25) is 0 Å². The van der Waals surface area contributed by atoms with Crippen molar-refractivity contribution in [1.82, 2.24) is 19.6 Å². The number of hydrogen-bond donors (Lipinski definition) is 1. The van der Waals surface area contributed by atoms with E-state index in [1.165, 1.54) is 11.5 Å².